The van der Waals surface area contributed by atoms with Gasteiger partial charge in [-0.3, -0.25) is 0 Å². The average molecular weight is 413 g/mol. The van der Waals surface area contributed by atoms with Crippen LogP contribution in [0.1, 0.15) is 34.6 Å². The van der Waals surface area contributed by atoms with Gasteiger partial charge in [0.05, 0.1) is 24.1 Å². The van der Waals surface area contributed by atoms with E-state index >= 15 is 0 Å². The first-order valence-corrected chi connectivity index (χ1v) is 11.2. The third-order valence-corrected chi connectivity index (χ3v) is 7.96. The fraction of sp³-hybridized carbons (Fsp3) is 0.304. The first-order chi connectivity index (χ1) is 13.9. The molecule has 0 aromatic heterocycles. The average Bonchev–Trinajstić information content (AvgIpc) is 3.23. The molecule has 0 spiro atoms. The van der Waals surface area contributed by atoms with Gasteiger partial charge in [0.15, 0.2) is 9.84 Å². The minimum absolute atomic E-state index is 0.0307. The lowest BCUT2D eigenvalue weighted by atomic mass is 9.89. The summed E-state index contributed by atoms with van der Waals surface area (Å²) in [6.45, 7) is -0.101. The van der Waals surface area contributed by atoms with Crippen LogP contribution in [0.5, 0.6) is 0 Å². The molecule has 2 aliphatic rings. The molecule has 152 valence electrons. The van der Waals surface area contributed by atoms with Crippen molar-refractivity contribution in [2.45, 2.75) is 36.4 Å². The van der Waals surface area contributed by atoms with Gasteiger partial charge >= 0.3 is 0 Å². The van der Waals surface area contributed by atoms with Crippen LogP contribution in [0.3, 0.4) is 0 Å². The molecule has 1 aliphatic heterocycles. The molecule has 29 heavy (non-hydrogen) atoms. The Morgan fingerprint density at radius 2 is 1.55 bits per heavy atom. The van der Waals surface area contributed by atoms with E-state index in [1.807, 2.05) is 36.4 Å². The standard InChI is InChI=1S/C23H24O5S/c24-14-17-3-1-16(2-4-17)9-11-23(26)13-20(19-7-5-18(15-25)6-8-19)22-21(23)10-12-29(22,27)28/h1-12,20-22,24-26H,13-15H2/t20-,21-,22-,23+/m1/s1. The van der Waals surface area contributed by atoms with Crippen molar-refractivity contribution in [1.82, 2.24) is 0 Å². The number of benzene rings is 2. The maximum atomic E-state index is 12.7. The molecule has 0 bridgehead atoms. The fourth-order valence-electron chi connectivity index (χ4n) is 4.47. The van der Waals surface area contributed by atoms with E-state index in [1.165, 1.54) is 5.41 Å². The van der Waals surface area contributed by atoms with Crippen molar-refractivity contribution < 1.29 is 23.7 Å². The molecule has 0 amide bonds. The van der Waals surface area contributed by atoms with Crippen molar-refractivity contribution in [2.24, 2.45) is 5.92 Å². The normalized spacial score (nSPS) is 30.1. The molecule has 1 aliphatic carbocycles. The minimum Gasteiger partial charge on any atom is -0.392 e. The van der Waals surface area contributed by atoms with E-state index in [0.717, 1.165) is 22.3 Å². The zero-order valence-corrected chi connectivity index (χ0v) is 16.7. The monoisotopic (exact) mass is 412 g/mol. The van der Waals surface area contributed by atoms with E-state index in [9.17, 15) is 18.6 Å². The van der Waals surface area contributed by atoms with Crippen molar-refractivity contribution in [2.75, 3.05) is 0 Å². The van der Waals surface area contributed by atoms with Gasteiger partial charge in [0.25, 0.3) is 0 Å². The van der Waals surface area contributed by atoms with Crippen LogP contribution < -0.4 is 0 Å². The lowest BCUT2D eigenvalue weighted by molar-refractivity contribution is 0.0705. The Hall–Kier alpha value is -2.25. The first-order valence-electron chi connectivity index (χ1n) is 9.59. The summed E-state index contributed by atoms with van der Waals surface area (Å²) in [6.07, 6.45) is 5.41. The lowest BCUT2D eigenvalue weighted by Gasteiger charge is -2.24. The largest absolute Gasteiger partial charge is 0.392 e. The summed E-state index contributed by atoms with van der Waals surface area (Å²) < 4.78 is 25.4. The summed E-state index contributed by atoms with van der Waals surface area (Å²) in [5.74, 6) is -0.845. The van der Waals surface area contributed by atoms with Gasteiger partial charge in [0.2, 0.25) is 0 Å². The fourth-order valence-corrected chi connectivity index (χ4v) is 6.48. The van der Waals surface area contributed by atoms with Crippen molar-refractivity contribution in [3.8, 4) is 0 Å². The van der Waals surface area contributed by atoms with Crippen LogP contribution in [-0.2, 0) is 23.1 Å². The molecule has 1 fully saturated rings. The van der Waals surface area contributed by atoms with Crippen LogP contribution in [0.15, 0.2) is 66.1 Å². The number of hydrogen-bond acceptors (Lipinski definition) is 5. The van der Waals surface area contributed by atoms with Gasteiger partial charge in [-0.15, -0.1) is 0 Å². The van der Waals surface area contributed by atoms with Crippen molar-refractivity contribution in [1.29, 1.82) is 0 Å². The van der Waals surface area contributed by atoms with Crippen LogP contribution in [0.4, 0.5) is 0 Å². The van der Waals surface area contributed by atoms with Gasteiger partial charge in [-0.25, -0.2) is 8.42 Å². The highest BCUT2D eigenvalue weighted by Gasteiger charge is 2.57. The second kappa shape index (κ2) is 7.54. The zero-order chi connectivity index (χ0) is 20.6. The van der Waals surface area contributed by atoms with Crippen LogP contribution in [0.2, 0.25) is 0 Å². The number of sulfone groups is 1. The number of aliphatic hydroxyl groups is 3. The predicted molar refractivity (Wildman–Crippen MR) is 111 cm³/mol. The van der Waals surface area contributed by atoms with E-state index in [4.69, 9.17) is 5.11 Å². The van der Waals surface area contributed by atoms with E-state index in [0.29, 0.717) is 6.42 Å². The summed E-state index contributed by atoms with van der Waals surface area (Å²) in [5, 5.41) is 30.3. The summed E-state index contributed by atoms with van der Waals surface area (Å²) in [7, 11) is -3.45. The van der Waals surface area contributed by atoms with Gasteiger partial charge < -0.3 is 15.3 Å². The smallest absolute Gasteiger partial charge is 0.175 e. The molecule has 2 aromatic carbocycles. The molecule has 5 nitrogen and oxygen atoms in total. The molecule has 4 rings (SSSR count). The van der Waals surface area contributed by atoms with E-state index in [1.54, 1.807) is 30.4 Å². The number of fused-ring (bicyclic) bond motifs is 1. The number of aliphatic hydroxyl groups excluding tert-OH is 2. The first kappa shape index (κ1) is 20.0. The highest BCUT2D eigenvalue weighted by molar-refractivity contribution is 7.95. The Morgan fingerprint density at radius 3 is 2.14 bits per heavy atom. The summed E-state index contributed by atoms with van der Waals surface area (Å²) in [4.78, 5) is 0. The summed E-state index contributed by atoms with van der Waals surface area (Å²) in [5.41, 5.74) is 2.00. The molecule has 0 radical (unpaired) electrons. The third-order valence-electron chi connectivity index (χ3n) is 6.05. The zero-order valence-electron chi connectivity index (χ0n) is 15.8. The highest BCUT2D eigenvalue weighted by Crippen LogP contribution is 2.53. The molecule has 2 aromatic rings. The molecule has 1 saturated carbocycles. The number of rotatable bonds is 5. The van der Waals surface area contributed by atoms with Crippen LogP contribution in [0, 0.1) is 5.92 Å². The maximum absolute atomic E-state index is 12.7. The molecular weight excluding hydrogens is 388 g/mol. The lowest BCUT2D eigenvalue weighted by Crippen LogP contribution is -2.33. The topological polar surface area (TPSA) is 94.8 Å². The molecule has 0 unspecified atom stereocenters. The predicted octanol–water partition coefficient (Wildman–Crippen LogP) is 2.53. The summed E-state index contributed by atoms with van der Waals surface area (Å²) >= 11 is 0. The van der Waals surface area contributed by atoms with Crippen molar-refractivity contribution in [3.63, 3.8) is 0 Å². The van der Waals surface area contributed by atoms with E-state index in [2.05, 4.69) is 0 Å². The second-order valence-corrected chi connectivity index (χ2v) is 9.84. The van der Waals surface area contributed by atoms with Gasteiger partial charge in [-0.05, 0) is 28.7 Å². The Kier molecular flexibility index (Phi) is 5.21. The third kappa shape index (κ3) is 3.69. The summed E-state index contributed by atoms with van der Waals surface area (Å²) in [6, 6.07) is 14.6. The van der Waals surface area contributed by atoms with Crippen LogP contribution in [-0.4, -0.2) is 34.6 Å². The Bertz CT molecular complexity index is 1040. The second-order valence-electron chi connectivity index (χ2n) is 7.84. The molecule has 4 atom stereocenters. The molecule has 0 saturated heterocycles. The van der Waals surface area contributed by atoms with Gasteiger partial charge in [0, 0.05) is 17.2 Å². The Balaban J connectivity index is 1.66. The quantitative estimate of drug-likeness (QED) is 0.702. The van der Waals surface area contributed by atoms with Gasteiger partial charge in [0.1, 0.15) is 0 Å². The van der Waals surface area contributed by atoms with Gasteiger partial charge in [-0.2, -0.15) is 0 Å². The number of hydrogen-bond donors (Lipinski definition) is 3. The van der Waals surface area contributed by atoms with E-state index in [-0.39, 0.29) is 19.1 Å². The van der Waals surface area contributed by atoms with Gasteiger partial charge in [-0.1, -0.05) is 66.8 Å². The highest BCUT2D eigenvalue weighted by atomic mass is 32.2. The molecule has 3 N–H and O–H groups in total. The van der Waals surface area contributed by atoms with Crippen LogP contribution >= 0.6 is 0 Å². The Morgan fingerprint density at radius 1 is 0.966 bits per heavy atom. The SMILES string of the molecule is O=S1(=O)C=C[C@@H]2[C@H]1[C@@H](c1ccc(CO)cc1)C[C@@]2(O)C=Cc1ccc(CO)cc1. The molecule has 6 heteroatoms. The van der Waals surface area contributed by atoms with Crippen molar-refractivity contribution >= 4 is 15.9 Å². The molecule has 1 heterocycles. The van der Waals surface area contributed by atoms with Crippen molar-refractivity contribution in [3.05, 3.63) is 88.3 Å². The van der Waals surface area contributed by atoms with Crippen LogP contribution in [0.25, 0.3) is 6.08 Å². The minimum atomic E-state index is -3.45. The Labute approximate surface area is 170 Å². The van der Waals surface area contributed by atoms with E-state index < -0.39 is 26.6 Å². The molecular formula is C23H24O5S. The maximum Gasteiger partial charge on any atom is 0.175 e.